The van der Waals surface area contributed by atoms with Crippen molar-refractivity contribution in [2.24, 2.45) is 11.8 Å². The van der Waals surface area contributed by atoms with Crippen molar-refractivity contribution in [1.29, 1.82) is 0 Å². The molecule has 1 saturated heterocycles. The molecule has 2 aliphatic carbocycles. The highest BCUT2D eigenvalue weighted by molar-refractivity contribution is 6.03. The molecule has 2 aliphatic heterocycles. The molecule has 6 rings (SSSR count). The van der Waals surface area contributed by atoms with Crippen LogP contribution in [0.1, 0.15) is 43.4 Å². The maximum atomic E-state index is 14.2. The van der Waals surface area contributed by atoms with Gasteiger partial charge in [-0.15, -0.1) is 0 Å². The maximum absolute atomic E-state index is 14.2. The molecule has 3 heterocycles. The monoisotopic (exact) mass is 463 g/mol. The van der Waals surface area contributed by atoms with Gasteiger partial charge in [-0.05, 0) is 74.8 Å². The minimum atomic E-state index is -0.670. The van der Waals surface area contributed by atoms with Crippen LogP contribution in [0.15, 0.2) is 30.5 Å². The van der Waals surface area contributed by atoms with Crippen molar-refractivity contribution in [3.8, 4) is 5.75 Å². The quantitative estimate of drug-likeness (QED) is 0.652. The molecule has 8 heteroatoms. The largest absolute Gasteiger partial charge is 0.497 e. The van der Waals surface area contributed by atoms with Crippen LogP contribution in [0.3, 0.4) is 0 Å². The molecular formula is C26H33N5O3. The molecule has 1 unspecified atom stereocenters. The Bertz CT molecular complexity index is 1070. The van der Waals surface area contributed by atoms with Gasteiger partial charge in [0.25, 0.3) is 0 Å². The van der Waals surface area contributed by atoms with Crippen molar-refractivity contribution >= 4 is 17.5 Å². The van der Waals surface area contributed by atoms with E-state index in [1.54, 1.807) is 7.11 Å². The summed E-state index contributed by atoms with van der Waals surface area (Å²) >= 11 is 0. The average molecular weight is 464 g/mol. The van der Waals surface area contributed by atoms with Crippen LogP contribution >= 0.6 is 0 Å². The van der Waals surface area contributed by atoms with E-state index in [9.17, 15) is 9.90 Å². The molecule has 34 heavy (non-hydrogen) atoms. The van der Waals surface area contributed by atoms with Gasteiger partial charge in [0.15, 0.2) is 0 Å². The number of fused-ring (bicyclic) bond motifs is 2. The Balaban J connectivity index is 1.33. The topological polar surface area (TPSA) is 90.8 Å². The summed E-state index contributed by atoms with van der Waals surface area (Å²) < 4.78 is 5.31. The minimum absolute atomic E-state index is 0.123. The van der Waals surface area contributed by atoms with Gasteiger partial charge in [0.2, 0.25) is 11.9 Å². The number of likely N-dealkylation sites (tertiary alicyclic amines) is 1. The summed E-state index contributed by atoms with van der Waals surface area (Å²) in [5.41, 5.74) is 2.12. The molecule has 2 saturated carbocycles. The van der Waals surface area contributed by atoms with Crippen molar-refractivity contribution in [2.75, 3.05) is 43.6 Å². The summed E-state index contributed by atoms with van der Waals surface area (Å²) in [6, 6.07) is 8.14. The molecule has 1 atom stereocenters. The van der Waals surface area contributed by atoms with Crippen LogP contribution in [0, 0.1) is 11.8 Å². The molecule has 1 amide bonds. The third-order valence-corrected chi connectivity index (χ3v) is 8.21. The van der Waals surface area contributed by atoms with Gasteiger partial charge in [-0.1, -0.05) is 0 Å². The standard InChI is InChI=1S/C26H33N5O3/c1-34-22-6-4-20(5-7-22)31-14-19-13-28-25(27-12-17-2-3-17)29-23(19)26(24(31)33)8-9-30(16-26)21-10-18(11-21)15-32/h4-7,13,17-18,21,32H,2-3,8-12,14-16H2,1H3,(H,27,28,29). The number of aliphatic hydroxyl groups excluding tert-OH is 1. The fraction of sp³-hybridized carbons (Fsp3) is 0.577. The second-order valence-corrected chi connectivity index (χ2v) is 10.5. The number of aromatic nitrogens is 2. The van der Waals surface area contributed by atoms with Crippen LogP contribution in [-0.2, 0) is 16.8 Å². The first-order chi connectivity index (χ1) is 16.6. The van der Waals surface area contributed by atoms with E-state index in [1.165, 1.54) is 12.8 Å². The molecule has 3 fully saturated rings. The SMILES string of the molecule is COc1ccc(N2Cc3cnc(NCC4CC4)nc3C3(CCN(C4CC(CO)C4)C3)C2=O)cc1. The lowest BCUT2D eigenvalue weighted by atomic mass is 9.76. The Labute approximate surface area is 200 Å². The molecule has 180 valence electrons. The van der Waals surface area contributed by atoms with Gasteiger partial charge in [0.05, 0.1) is 19.3 Å². The number of hydrogen-bond donors (Lipinski definition) is 2. The zero-order chi connectivity index (χ0) is 23.3. The first-order valence-electron chi connectivity index (χ1n) is 12.5. The van der Waals surface area contributed by atoms with Gasteiger partial charge in [-0.3, -0.25) is 9.69 Å². The van der Waals surface area contributed by atoms with Gasteiger partial charge in [0, 0.05) is 43.2 Å². The highest BCUT2D eigenvalue weighted by Crippen LogP contribution is 2.45. The summed E-state index contributed by atoms with van der Waals surface area (Å²) in [6.07, 6.45) is 7.22. The van der Waals surface area contributed by atoms with Gasteiger partial charge in [-0.25, -0.2) is 9.97 Å². The average Bonchev–Trinajstić information content (AvgIpc) is 3.58. The molecule has 8 nitrogen and oxygen atoms in total. The van der Waals surface area contributed by atoms with Crippen LogP contribution in [0.25, 0.3) is 0 Å². The second-order valence-electron chi connectivity index (χ2n) is 10.5. The van der Waals surface area contributed by atoms with Crippen molar-refractivity contribution < 1.29 is 14.6 Å². The number of carbonyl (C=O) groups excluding carboxylic acids is 1. The van der Waals surface area contributed by atoms with Crippen LogP contribution in [0.2, 0.25) is 0 Å². The third kappa shape index (κ3) is 3.73. The molecule has 1 aromatic carbocycles. The van der Waals surface area contributed by atoms with Crippen LogP contribution in [0.5, 0.6) is 5.75 Å². The molecule has 4 aliphatic rings. The smallest absolute Gasteiger partial charge is 0.240 e. The van der Waals surface area contributed by atoms with Gasteiger partial charge >= 0.3 is 0 Å². The number of aliphatic hydroxyl groups is 1. The molecule has 0 radical (unpaired) electrons. The van der Waals surface area contributed by atoms with E-state index in [-0.39, 0.29) is 12.5 Å². The lowest BCUT2D eigenvalue weighted by Gasteiger charge is -2.43. The number of anilines is 2. The van der Waals surface area contributed by atoms with Gasteiger partial charge in [-0.2, -0.15) is 0 Å². The Hall–Kier alpha value is -2.71. The normalized spacial score (nSPS) is 28.6. The number of amides is 1. The number of hydrogen-bond acceptors (Lipinski definition) is 7. The van der Waals surface area contributed by atoms with E-state index < -0.39 is 5.41 Å². The predicted molar refractivity (Wildman–Crippen MR) is 129 cm³/mol. The molecular weight excluding hydrogens is 430 g/mol. The van der Waals surface area contributed by atoms with Crippen LogP contribution in [0.4, 0.5) is 11.6 Å². The lowest BCUT2D eigenvalue weighted by Crippen LogP contribution is -2.54. The first-order valence-corrected chi connectivity index (χ1v) is 12.5. The highest BCUT2D eigenvalue weighted by Gasteiger charge is 2.55. The summed E-state index contributed by atoms with van der Waals surface area (Å²) in [5.74, 6) is 2.65. The van der Waals surface area contributed by atoms with E-state index in [0.29, 0.717) is 31.0 Å². The van der Waals surface area contributed by atoms with Crippen LogP contribution < -0.4 is 15.0 Å². The summed E-state index contributed by atoms with van der Waals surface area (Å²) in [7, 11) is 1.65. The number of nitrogens with zero attached hydrogens (tertiary/aromatic N) is 4. The van der Waals surface area contributed by atoms with Crippen molar-refractivity contribution in [3.63, 3.8) is 0 Å². The van der Waals surface area contributed by atoms with Crippen molar-refractivity contribution in [1.82, 2.24) is 14.9 Å². The number of nitrogens with one attached hydrogen (secondary N) is 1. The van der Waals surface area contributed by atoms with E-state index >= 15 is 0 Å². The molecule has 2 aromatic rings. The Kier molecular flexibility index (Phi) is 5.45. The first kappa shape index (κ1) is 21.8. The number of ether oxygens (including phenoxy) is 1. The molecule has 1 spiro atoms. The Morgan fingerprint density at radius 3 is 2.71 bits per heavy atom. The van der Waals surface area contributed by atoms with E-state index in [0.717, 1.165) is 61.0 Å². The van der Waals surface area contributed by atoms with Gasteiger partial charge in [0.1, 0.15) is 11.2 Å². The number of rotatable bonds is 7. The third-order valence-electron chi connectivity index (χ3n) is 8.21. The van der Waals surface area contributed by atoms with Crippen molar-refractivity contribution in [2.45, 2.75) is 50.1 Å². The second kappa shape index (κ2) is 8.50. The highest BCUT2D eigenvalue weighted by atomic mass is 16.5. The summed E-state index contributed by atoms with van der Waals surface area (Å²) in [5, 5.41) is 12.9. The number of methoxy groups -OCH3 is 1. The zero-order valence-electron chi connectivity index (χ0n) is 19.7. The number of carbonyl (C=O) groups is 1. The van der Waals surface area contributed by atoms with Gasteiger partial charge < -0.3 is 20.1 Å². The molecule has 0 bridgehead atoms. The number of benzene rings is 1. The summed E-state index contributed by atoms with van der Waals surface area (Å²) in [4.78, 5) is 28.1. The Morgan fingerprint density at radius 2 is 2.00 bits per heavy atom. The lowest BCUT2D eigenvalue weighted by molar-refractivity contribution is -0.124. The van der Waals surface area contributed by atoms with Crippen LogP contribution in [-0.4, -0.2) is 65.3 Å². The van der Waals surface area contributed by atoms with E-state index in [4.69, 9.17) is 9.72 Å². The minimum Gasteiger partial charge on any atom is -0.497 e. The van der Waals surface area contributed by atoms with Crippen molar-refractivity contribution in [3.05, 3.63) is 41.7 Å². The fourth-order valence-corrected chi connectivity index (χ4v) is 5.82. The predicted octanol–water partition coefficient (Wildman–Crippen LogP) is 2.57. The summed E-state index contributed by atoms with van der Waals surface area (Å²) in [6.45, 7) is 3.17. The maximum Gasteiger partial charge on any atom is 0.240 e. The Morgan fingerprint density at radius 1 is 1.21 bits per heavy atom. The molecule has 2 N–H and O–H groups in total. The molecule has 1 aromatic heterocycles. The zero-order valence-corrected chi connectivity index (χ0v) is 19.7. The fourth-order valence-electron chi connectivity index (χ4n) is 5.82. The van der Waals surface area contributed by atoms with E-state index in [1.807, 2.05) is 35.4 Å². The van der Waals surface area contributed by atoms with E-state index in [2.05, 4.69) is 15.2 Å².